The number of rotatable bonds is 0. The zero-order chi connectivity index (χ0) is 6.85. The minimum atomic E-state index is 0. The van der Waals surface area contributed by atoms with Crippen molar-refractivity contribution in [3.8, 4) is 0 Å². The molecule has 0 fully saturated rings. The first-order chi connectivity index (χ1) is 4.22. The Bertz CT molecular complexity index is 277. The predicted molar refractivity (Wildman–Crippen MR) is 42.8 cm³/mol. The molecule has 1 N–H and O–H groups in total. The van der Waals surface area contributed by atoms with Gasteiger partial charge < -0.3 is 6.41 Å². The first kappa shape index (κ1) is 11.0. The van der Waals surface area contributed by atoms with Gasteiger partial charge in [0.05, 0.1) is 9.53 Å². The second-order valence-electron chi connectivity index (χ2n) is 1.47. The smallest absolute Gasteiger partial charge is 1.00 e. The van der Waals surface area contributed by atoms with Gasteiger partial charge in [0.2, 0.25) is 0 Å². The summed E-state index contributed by atoms with van der Waals surface area (Å²) in [6, 6.07) is 1.68. The number of aromatic nitrogens is 1. The van der Waals surface area contributed by atoms with Gasteiger partial charge in [-0.2, -0.15) is 0 Å². The summed E-state index contributed by atoms with van der Waals surface area (Å²) in [5.41, 5.74) is 0. The zero-order valence-corrected chi connectivity index (χ0v) is 9.65. The SMILES string of the molecule is S=c1cc[nH]c(Cl)c1Cl.[H-].[Na+]. The van der Waals surface area contributed by atoms with Crippen LogP contribution in [0.2, 0.25) is 10.2 Å². The van der Waals surface area contributed by atoms with Crippen molar-refractivity contribution >= 4 is 35.4 Å². The van der Waals surface area contributed by atoms with E-state index in [1.165, 1.54) is 0 Å². The van der Waals surface area contributed by atoms with Gasteiger partial charge >= 0.3 is 29.6 Å². The molecule has 10 heavy (non-hydrogen) atoms. The van der Waals surface area contributed by atoms with E-state index in [1.54, 1.807) is 12.3 Å². The van der Waals surface area contributed by atoms with Crippen LogP contribution in [0.1, 0.15) is 1.43 Å². The molecular formula is C5H4Cl2NNaS. The van der Waals surface area contributed by atoms with Crippen molar-refractivity contribution in [1.29, 1.82) is 0 Å². The van der Waals surface area contributed by atoms with Crippen LogP contribution in [0, 0.1) is 4.51 Å². The van der Waals surface area contributed by atoms with Crippen molar-refractivity contribution in [2.45, 2.75) is 0 Å². The number of pyridine rings is 1. The monoisotopic (exact) mass is 203 g/mol. The normalized spacial score (nSPS) is 8.60. The van der Waals surface area contributed by atoms with E-state index in [9.17, 15) is 0 Å². The molecule has 0 unspecified atom stereocenters. The van der Waals surface area contributed by atoms with Crippen LogP contribution in [-0.4, -0.2) is 4.98 Å². The first-order valence-corrected chi connectivity index (χ1v) is 3.41. The zero-order valence-electron chi connectivity index (χ0n) is 6.32. The summed E-state index contributed by atoms with van der Waals surface area (Å²) in [6.45, 7) is 0. The van der Waals surface area contributed by atoms with E-state index in [-0.39, 0.29) is 31.0 Å². The Labute approximate surface area is 97.5 Å². The molecule has 1 rings (SSSR count). The van der Waals surface area contributed by atoms with Gasteiger partial charge in [-0.3, -0.25) is 0 Å². The fourth-order valence-electron chi connectivity index (χ4n) is 0.435. The third kappa shape index (κ3) is 2.53. The molecular weight excluding hydrogens is 200 g/mol. The van der Waals surface area contributed by atoms with E-state index < -0.39 is 0 Å². The quantitative estimate of drug-likeness (QED) is 0.362. The van der Waals surface area contributed by atoms with E-state index in [0.29, 0.717) is 14.7 Å². The Kier molecular flexibility index (Phi) is 5.20. The molecule has 0 radical (unpaired) electrons. The van der Waals surface area contributed by atoms with Crippen LogP contribution in [0.5, 0.6) is 0 Å². The van der Waals surface area contributed by atoms with E-state index in [4.69, 9.17) is 35.4 Å². The van der Waals surface area contributed by atoms with E-state index >= 15 is 0 Å². The summed E-state index contributed by atoms with van der Waals surface area (Å²) >= 11 is 16.0. The molecule has 0 bridgehead atoms. The number of aromatic amines is 1. The first-order valence-electron chi connectivity index (χ1n) is 2.24. The molecule has 1 nitrogen and oxygen atoms in total. The van der Waals surface area contributed by atoms with E-state index in [0.717, 1.165) is 0 Å². The maximum atomic E-state index is 5.61. The van der Waals surface area contributed by atoms with Gasteiger partial charge in [0.25, 0.3) is 0 Å². The van der Waals surface area contributed by atoms with Crippen LogP contribution in [-0.2, 0) is 0 Å². The van der Waals surface area contributed by atoms with Gasteiger partial charge in [-0.1, -0.05) is 35.4 Å². The predicted octanol–water partition coefficient (Wildman–Crippen LogP) is 0.167. The molecule has 0 saturated heterocycles. The minimum absolute atomic E-state index is 0. The molecule has 0 aliphatic rings. The van der Waals surface area contributed by atoms with Crippen molar-refractivity contribution in [3.63, 3.8) is 0 Å². The van der Waals surface area contributed by atoms with Crippen LogP contribution in [0.15, 0.2) is 12.3 Å². The Hall–Kier alpha value is 0.950. The fraction of sp³-hybridized carbons (Fsp3) is 0. The maximum Gasteiger partial charge on any atom is 1.00 e. The van der Waals surface area contributed by atoms with E-state index in [2.05, 4.69) is 4.98 Å². The standard InChI is InChI=1S/C5H3Cl2NS.Na.H/c6-4-3(9)1-2-8-5(4)7;;/h1-2H,(H,8,9);;/q;+1;-1. The molecule has 0 aliphatic heterocycles. The van der Waals surface area contributed by atoms with Gasteiger partial charge in [-0.15, -0.1) is 0 Å². The Balaban J connectivity index is 0. The van der Waals surface area contributed by atoms with Crippen LogP contribution in [0.25, 0.3) is 0 Å². The molecule has 0 spiro atoms. The topological polar surface area (TPSA) is 15.8 Å². The summed E-state index contributed by atoms with van der Waals surface area (Å²) in [6.07, 6.45) is 1.65. The molecule has 1 aromatic heterocycles. The van der Waals surface area contributed by atoms with Gasteiger partial charge in [-0.25, -0.2) is 0 Å². The van der Waals surface area contributed by atoms with Crippen LogP contribution in [0.4, 0.5) is 0 Å². The average molecular weight is 204 g/mol. The molecule has 0 aliphatic carbocycles. The molecule has 1 aromatic rings. The van der Waals surface area contributed by atoms with Gasteiger partial charge in [0.1, 0.15) is 5.15 Å². The summed E-state index contributed by atoms with van der Waals surface area (Å²) in [7, 11) is 0. The third-order valence-corrected chi connectivity index (χ3v) is 2.09. The average Bonchev–Trinajstić information content (AvgIpc) is 1.83. The molecule has 1 heterocycles. The van der Waals surface area contributed by atoms with Crippen molar-refractivity contribution in [3.05, 3.63) is 26.9 Å². The number of nitrogens with one attached hydrogen (secondary N) is 1. The Morgan fingerprint density at radius 2 is 2.10 bits per heavy atom. The van der Waals surface area contributed by atoms with Crippen molar-refractivity contribution in [2.75, 3.05) is 0 Å². The van der Waals surface area contributed by atoms with Crippen molar-refractivity contribution in [1.82, 2.24) is 4.98 Å². The number of hydrogen-bond acceptors (Lipinski definition) is 1. The van der Waals surface area contributed by atoms with Gasteiger partial charge in [0.15, 0.2) is 0 Å². The van der Waals surface area contributed by atoms with Crippen molar-refractivity contribution < 1.29 is 31.0 Å². The largest absolute Gasteiger partial charge is 1.00 e. The minimum Gasteiger partial charge on any atom is -1.00 e. The molecule has 50 valence electrons. The summed E-state index contributed by atoms with van der Waals surface area (Å²) in [5, 5.41) is 0.804. The van der Waals surface area contributed by atoms with Crippen LogP contribution < -0.4 is 29.6 Å². The third-order valence-electron chi connectivity index (χ3n) is 0.854. The number of hydrogen-bond donors (Lipinski definition) is 1. The number of H-pyrrole nitrogens is 1. The maximum absolute atomic E-state index is 5.61. The molecule has 0 aromatic carbocycles. The second kappa shape index (κ2) is 4.75. The van der Waals surface area contributed by atoms with Crippen LogP contribution in [0.3, 0.4) is 0 Å². The Morgan fingerprint density at radius 3 is 2.50 bits per heavy atom. The van der Waals surface area contributed by atoms with Crippen molar-refractivity contribution in [2.24, 2.45) is 0 Å². The summed E-state index contributed by atoms with van der Waals surface area (Å²) in [5.74, 6) is 0. The molecule has 0 saturated carbocycles. The van der Waals surface area contributed by atoms with E-state index in [1.807, 2.05) is 0 Å². The molecule has 0 amide bonds. The molecule has 0 atom stereocenters. The molecule has 5 heteroatoms. The fourth-order valence-corrected chi connectivity index (χ4v) is 0.944. The summed E-state index contributed by atoms with van der Waals surface area (Å²) in [4.78, 5) is 2.71. The summed E-state index contributed by atoms with van der Waals surface area (Å²) < 4.78 is 0.570. The van der Waals surface area contributed by atoms with Gasteiger partial charge in [0, 0.05) is 6.20 Å². The second-order valence-corrected chi connectivity index (χ2v) is 2.67. The number of halogens is 2. The van der Waals surface area contributed by atoms with Gasteiger partial charge in [-0.05, 0) is 6.07 Å². The van der Waals surface area contributed by atoms with Crippen LogP contribution >= 0.6 is 35.4 Å². The Morgan fingerprint density at radius 1 is 1.50 bits per heavy atom.